The fourth-order valence-electron chi connectivity index (χ4n) is 10.9. The summed E-state index contributed by atoms with van der Waals surface area (Å²) in [6.45, 7) is 15.1. The number of benzene rings is 5. The molecule has 9 rings (SSSR count). The van der Waals surface area contributed by atoms with Gasteiger partial charge in [-0.25, -0.2) is 0 Å². The van der Waals surface area contributed by atoms with Crippen molar-refractivity contribution < 1.29 is 37.6 Å². The van der Waals surface area contributed by atoms with Crippen LogP contribution in [0.1, 0.15) is 121 Å². The van der Waals surface area contributed by atoms with Gasteiger partial charge >= 0.3 is 13.7 Å². The lowest BCUT2D eigenvalue weighted by molar-refractivity contribution is -0.373. The van der Waals surface area contributed by atoms with Crippen LogP contribution in [0.3, 0.4) is 0 Å². The van der Waals surface area contributed by atoms with Crippen molar-refractivity contribution in [2.45, 2.75) is 163 Å². The van der Waals surface area contributed by atoms with Gasteiger partial charge in [0, 0.05) is 5.30 Å². The second-order valence-electron chi connectivity index (χ2n) is 21.0. The van der Waals surface area contributed by atoms with Crippen molar-refractivity contribution in [1.82, 2.24) is 0 Å². The van der Waals surface area contributed by atoms with Crippen LogP contribution in [0, 0.1) is 0 Å². The summed E-state index contributed by atoms with van der Waals surface area (Å²) < 4.78 is 59.5. The lowest BCUT2D eigenvalue weighted by Crippen LogP contribution is -2.53. The van der Waals surface area contributed by atoms with E-state index in [4.69, 9.17) is 28.1 Å². The molecular formula is C56H68O8P2Si. The zero-order valence-corrected chi connectivity index (χ0v) is 43.1. The van der Waals surface area contributed by atoms with E-state index in [0.717, 1.165) is 36.7 Å². The van der Waals surface area contributed by atoms with Crippen molar-refractivity contribution in [2.75, 3.05) is 0 Å². The second kappa shape index (κ2) is 19.2. The number of ether oxygens (including phenoxy) is 5. The first-order chi connectivity index (χ1) is 32.1. The average molecular weight is 959 g/mol. The van der Waals surface area contributed by atoms with Crippen LogP contribution in [0.15, 0.2) is 140 Å². The molecule has 5 aromatic carbocycles. The highest BCUT2D eigenvalue weighted by Crippen LogP contribution is 2.63. The summed E-state index contributed by atoms with van der Waals surface area (Å²) in [5, 5.41) is 0.974. The van der Waals surface area contributed by atoms with Gasteiger partial charge in [-0.2, -0.15) is 0 Å². The Morgan fingerprint density at radius 3 is 1.36 bits per heavy atom. The molecule has 2 saturated carbocycles. The minimum atomic E-state index is -3.77. The maximum Gasteiger partial charge on any atom is 0.542 e. The van der Waals surface area contributed by atoms with Gasteiger partial charge in [0.05, 0.1) is 0 Å². The summed E-state index contributed by atoms with van der Waals surface area (Å²) in [7, 11) is -6.93. The van der Waals surface area contributed by atoms with Crippen LogP contribution in [-0.4, -0.2) is 43.3 Å². The smallest absolute Gasteiger partial charge is 0.542 e. The third kappa shape index (κ3) is 9.25. The molecule has 1 unspecified atom stereocenters. The lowest BCUT2D eigenvalue weighted by atomic mass is 9.72. The van der Waals surface area contributed by atoms with E-state index in [1.54, 1.807) is 0 Å². The third-order valence-electron chi connectivity index (χ3n) is 15.1. The molecule has 2 aliphatic carbocycles. The Labute approximate surface area is 401 Å². The van der Waals surface area contributed by atoms with E-state index in [1.165, 1.54) is 38.5 Å². The Morgan fingerprint density at radius 2 is 1.00 bits per heavy atom. The molecule has 0 amide bonds. The second-order valence-corrected chi connectivity index (χ2v) is 29.5. The fraction of sp³-hybridized carbons (Fsp3) is 0.464. The lowest BCUT2D eigenvalue weighted by Gasteiger charge is -2.42. The van der Waals surface area contributed by atoms with E-state index in [-0.39, 0.29) is 5.04 Å². The topological polar surface area (TPSA) is 95.5 Å². The molecule has 2 aliphatic heterocycles. The fourth-order valence-corrected chi connectivity index (χ4v) is 16.4. The summed E-state index contributed by atoms with van der Waals surface area (Å²) in [5.74, 6) is 0.0684. The van der Waals surface area contributed by atoms with E-state index in [9.17, 15) is 0 Å². The number of hydrogen-bond donors (Lipinski definition) is 0. The summed E-state index contributed by atoms with van der Waals surface area (Å²) in [6, 6.07) is 45.1. The summed E-state index contributed by atoms with van der Waals surface area (Å²) in [5.41, 5.74) is -2.58. The van der Waals surface area contributed by atoms with Crippen LogP contribution in [0.25, 0.3) is 0 Å². The Kier molecular flexibility index (Phi) is 13.8. The molecule has 0 N–H and O–H groups in total. The van der Waals surface area contributed by atoms with Crippen molar-refractivity contribution in [3.63, 3.8) is 0 Å². The van der Waals surface area contributed by atoms with Crippen molar-refractivity contribution >= 4 is 29.6 Å². The van der Waals surface area contributed by atoms with Gasteiger partial charge in [0.25, 0.3) is 0 Å². The minimum absolute atomic E-state index is 0.0416. The molecule has 67 heavy (non-hydrogen) atoms. The number of hydrogen-bond acceptors (Lipinski definition) is 8. The van der Waals surface area contributed by atoms with Gasteiger partial charge in [-0.05, 0) is 109 Å². The molecule has 5 aromatic rings. The molecule has 2 saturated heterocycles. The van der Waals surface area contributed by atoms with Gasteiger partial charge in [-0.1, -0.05) is 193 Å². The van der Waals surface area contributed by atoms with Crippen molar-refractivity contribution in [3.8, 4) is 11.5 Å². The summed E-state index contributed by atoms with van der Waals surface area (Å²) in [4.78, 5) is 15.2. The molecule has 0 aromatic heterocycles. The molecule has 11 heteroatoms. The largest absolute Gasteiger partial charge is 0.588 e. The monoisotopic (exact) mass is 958 g/mol. The van der Waals surface area contributed by atoms with Crippen molar-refractivity contribution in [2.24, 2.45) is 0 Å². The first-order valence-electron chi connectivity index (χ1n) is 24.5. The number of rotatable bonds is 12. The van der Waals surface area contributed by atoms with Crippen LogP contribution in [0.5, 0.6) is 11.5 Å². The van der Waals surface area contributed by atoms with Crippen molar-refractivity contribution in [1.29, 1.82) is 0 Å². The van der Waals surface area contributed by atoms with Crippen LogP contribution < -0.4 is 19.4 Å². The average Bonchev–Trinajstić information content (AvgIpc) is 3.62. The van der Waals surface area contributed by atoms with Crippen LogP contribution >= 0.6 is 15.9 Å². The minimum Gasteiger partial charge on any atom is -0.588 e. The Bertz CT molecular complexity index is 2250. The molecule has 8 nitrogen and oxygen atoms in total. The van der Waals surface area contributed by atoms with Gasteiger partial charge in [0.1, 0.15) is 23.7 Å². The van der Waals surface area contributed by atoms with E-state index < -0.39 is 59.2 Å². The van der Waals surface area contributed by atoms with Gasteiger partial charge in [0.2, 0.25) is 8.32 Å². The van der Waals surface area contributed by atoms with E-state index in [2.05, 4.69) is 39.9 Å². The van der Waals surface area contributed by atoms with Gasteiger partial charge in [-0.15, -0.1) is 0 Å². The molecule has 354 valence electrons. The molecule has 4 fully saturated rings. The SMILES string of the molecule is CC1(C)O[C@@H]2[C@@H](O1)C(c1ccccc1)(c1ccccc1)OC(Oc1ccc(O[Si](C)(C)C(C)(C)C)cc1P(C1CCCCC1)C1CCCCC1)([P+](=O)[O-])OC2(c1ccccc1)c1ccccc1. The Hall–Kier alpha value is -3.75. The summed E-state index contributed by atoms with van der Waals surface area (Å²) >= 11 is 0. The van der Waals surface area contributed by atoms with Crippen LogP contribution in [0.2, 0.25) is 18.1 Å². The zero-order valence-electron chi connectivity index (χ0n) is 40.3. The zero-order chi connectivity index (χ0) is 47.1. The summed E-state index contributed by atoms with van der Waals surface area (Å²) in [6.07, 6.45) is 9.74. The Morgan fingerprint density at radius 1 is 0.612 bits per heavy atom. The first kappa shape index (κ1) is 48.3. The van der Waals surface area contributed by atoms with E-state index in [0.29, 0.717) is 39.3 Å². The van der Waals surface area contributed by atoms with Crippen molar-refractivity contribution in [3.05, 3.63) is 162 Å². The molecule has 0 radical (unpaired) electrons. The highest BCUT2D eigenvalue weighted by atomic mass is 31.1. The highest BCUT2D eigenvalue weighted by Gasteiger charge is 2.74. The predicted octanol–water partition coefficient (Wildman–Crippen LogP) is 13.4. The molecular weight excluding hydrogens is 891 g/mol. The molecule has 0 spiro atoms. The molecule has 2 heterocycles. The highest BCUT2D eigenvalue weighted by molar-refractivity contribution is 7.67. The van der Waals surface area contributed by atoms with Gasteiger partial charge in [0.15, 0.2) is 17.0 Å². The van der Waals surface area contributed by atoms with Crippen LogP contribution in [-0.2, 0) is 34.7 Å². The van der Waals surface area contributed by atoms with Gasteiger partial charge < -0.3 is 23.5 Å². The Balaban J connectivity index is 1.35. The molecule has 3 atom stereocenters. The number of fused-ring (bicyclic) bond motifs is 1. The predicted molar refractivity (Wildman–Crippen MR) is 269 cm³/mol. The third-order valence-corrected chi connectivity index (χ3v) is 23.7. The van der Waals surface area contributed by atoms with E-state index in [1.807, 2.05) is 147 Å². The van der Waals surface area contributed by atoms with Gasteiger partial charge in [-0.3, -0.25) is 9.47 Å². The maximum absolute atomic E-state index is 15.2. The maximum atomic E-state index is 15.2. The normalized spacial score (nSPS) is 23.2. The molecule has 4 aliphatic rings. The standard InChI is InChI=1S/C56H68O8P2Si/c1-52(2,3)67(6,7)62-45-38-39-48(49(40-45)65(46-34-22-12-23-35-46)47-36-24-13-25-37-47)59-56(66(57)58)63-54(41-26-14-8-15-27-41,42-28-16-9-17-29-42)50-51(61-53(4,5)60-50)55(64-56,43-30-18-10-19-31-43)44-32-20-11-21-33-44/h8-11,14-21,26-33,38-40,46-47,50-51H,12-13,22-25,34-37H2,1-7H3/t50-,51-/m1/s1. The molecule has 0 bridgehead atoms. The van der Waals surface area contributed by atoms with Crippen LogP contribution in [0.4, 0.5) is 0 Å². The van der Waals surface area contributed by atoms with E-state index >= 15 is 9.46 Å². The quantitative estimate of drug-likeness (QED) is 0.0901. The first-order valence-corrected chi connectivity index (χ1v) is 30.1.